The molecule has 2 rings (SSSR count). The molecule has 1 aromatic rings. The van der Waals surface area contributed by atoms with Crippen LogP contribution in [0.3, 0.4) is 0 Å². The fourth-order valence-corrected chi connectivity index (χ4v) is 2.83. The Morgan fingerprint density at radius 2 is 2.05 bits per heavy atom. The summed E-state index contributed by atoms with van der Waals surface area (Å²) < 4.78 is 5.13. The van der Waals surface area contributed by atoms with Crippen molar-refractivity contribution in [1.29, 1.82) is 0 Å². The topological polar surface area (TPSA) is 32.3 Å². The van der Waals surface area contributed by atoms with Gasteiger partial charge in [0, 0.05) is 19.1 Å². The van der Waals surface area contributed by atoms with Crippen LogP contribution in [0.25, 0.3) is 0 Å². The minimum Gasteiger partial charge on any atom is -0.632 e. The van der Waals surface area contributed by atoms with Gasteiger partial charge in [-0.3, -0.25) is 0 Å². The van der Waals surface area contributed by atoms with Crippen molar-refractivity contribution in [2.24, 2.45) is 0 Å². The molecule has 2 atom stereocenters. The highest BCUT2D eigenvalue weighted by molar-refractivity contribution is 5.18. The second-order valence-corrected chi connectivity index (χ2v) is 5.22. The number of benzene rings is 1. The summed E-state index contributed by atoms with van der Waals surface area (Å²) in [6, 6.07) is 9.91. The Bertz CT molecular complexity index is 430. The van der Waals surface area contributed by atoms with Gasteiger partial charge in [0.2, 0.25) is 0 Å². The molecule has 0 aromatic heterocycles. The zero-order chi connectivity index (χ0) is 13.7. The Morgan fingerprint density at radius 3 is 2.68 bits per heavy atom. The van der Waals surface area contributed by atoms with E-state index in [1.165, 1.54) is 5.57 Å². The highest BCUT2D eigenvalue weighted by Gasteiger charge is 2.32. The Hall–Kier alpha value is -1.16. The molecule has 0 aliphatic carbocycles. The largest absolute Gasteiger partial charge is 0.632 e. The quantitative estimate of drug-likeness (QED) is 0.462. The van der Waals surface area contributed by atoms with E-state index in [0.29, 0.717) is 19.7 Å². The number of hydroxylamine groups is 3. The van der Waals surface area contributed by atoms with Crippen molar-refractivity contribution < 1.29 is 9.38 Å². The minimum absolute atomic E-state index is 0.124. The van der Waals surface area contributed by atoms with Crippen LogP contribution in [-0.4, -0.2) is 31.5 Å². The van der Waals surface area contributed by atoms with E-state index < -0.39 is 0 Å². The lowest BCUT2D eigenvalue weighted by atomic mass is 10.00. The van der Waals surface area contributed by atoms with E-state index in [2.05, 4.69) is 13.0 Å². The maximum absolute atomic E-state index is 13.2. The van der Waals surface area contributed by atoms with Crippen LogP contribution in [0.1, 0.15) is 31.4 Å². The van der Waals surface area contributed by atoms with E-state index >= 15 is 0 Å². The van der Waals surface area contributed by atoms with Gasteiger partial charge in [0.1, 0.15) is 19.2 Å². The second-order valence-electron chi connectivity index (χ2n) is 5.22. The first kappa shape index (κ1) is 14.3. The van der Waals surface area contributed by atoms with Crippen LogP contribution >= 0.6 is 0 Å². The number of quaternary nitrogens is 1. The van der Waals surface area contributed by atoms with Crippen LogP contribution < -0.4 is 0 Å². The lowest BCUT2D eigenvalue weighted by Gasteiger charge is -2.50. The van der Waals surface area contributed by atoms with E-state index in [0.717, 1.165) is 18.4 Å². The Labute approximate surface area is 115 Å². The molecule has 104 valence electrons. The zero-order valence-corrected chi connectivity index (χ0v) is 11.8. The van der Waals surface area contributed by atoms with Crippen LogP contribution in [0.2, 0.25) is 0 Å². The predicted molar refractivity (Wildman–Crippen MR) is 77.4 cm³/mol. The second kappa shape index (κ2) is 6.33. The highest BCUT2D eigenvalue weighted by Crippen LogP contribution is 2.32. The van der Waals surface area contributed by atoms with E-state index in [-0.39, 0.29) is 10.7 Å². The van der Waals surface area contributed by atoms with Gasteiger partial charge in [0.15, 0.2) is 0 Å². The molecule has 1 heterocycles. The van der Waals surface area contributed by atoms with E-state index in [1.54, 1.807) is 7.11 Å². The van der Waals surface area contributed by atoms with Crippen LogP contribution in [0.5, 0.6) is 0 Å². The van der Waals surface area contributed by atoms with Crippen LogP contribution in [0.4, 0.5) is 0 Å². The Balaban J connectivity index is 2.26. The number of hydrogen-bond acceptors (Lipinski definition) is 2. The molecule has 19 heavy (non-hydrogen) atoms. The minimum atomic E-state index is -0.183. The van der Waals surface area contributed by atoms with Crippen molar-refractivity contribution in [2.75, 3.05) is 26.8 Å². The first-order chi connectivity index (χ1) is 9.19. The van der Waals surface area contributed by atoms with Gasteiger partial charge in [-0.1, -0.05) is 43.3 Å². The molecule has 3 nitrogen and oxygen atoms in total. The standard InChI is InChI=1S/C16H23NO2/c1-3-14-8-7-11-17(18,12-14)16(13-19-2)15-9-5-4-6-10-15/h4-6,8-10,16H,3,7,11-13H2,1-2H3/t16-,17?/m0/s1. The summed E-state index contributed by atoms with van der Waals surface area (Å²) >= 11 is 0. The summed E-state index contributed by atoms with van der Waals surface area (Å²) in [6.07, 6.45) is 4.07. The Kier molecular flexibility index (Phi) is 4.75. The molecule has 0 saturated heterocycles. The first-order valence-electron chi connectivity index (χ1n) is 6.99. The maximum Gasteiger partial charge on any atom is 0.138 e. The molecular formula is C16H23NO2. The number of rotatable bonds is 5. The first-order valence-corrected chi connectivity index (χ1v) is 6.99. The molecule has 0 spiro atoms. The fraction of sp³-hybridized carbons (Fsp3) is 0.500. The third-order valence-electron chi connectivity index (χ3n) is 3.94. The monoisotopic (exact) mass is 261 g/mol. The summed E-state index contributed by atoms with van der Waals surface area (Å²) in [7, 11) is 1.67. The molecular weight excluding hydrogens is 238 g/mol. The van der Waals surface area contributed by atoms with Crippen molar-refractivity contribution in [3.05, 3.63) is 52.8 Å². The fourth-order valence-electron chi connectivity index (χ4n) is 2.83. The summed E-state index contributed by atoms with van der Waals surface area (Å²) in [5, 5.41) is 13.2. The summed E-state index contributed by atoms with van der Waals surface area (Å²) in [5.41, 5.74) is 2.36. The predicted octanol–water partition coefficient (Wildman–Crippen LogP) is 3.43. The molecule has 1 aliphatic heterocycles. The summed E-state index contributed by atoms with van der Waals surface area (Å²) in [4.78, 5) is 0. The van der Waals surface area contributed by atoms with Gasteiger partial charge in [0.05, 0.1) is 6.54 Å². The SMILES string of the molecule is CCC1=CCC[N+]([O-])([C@@H](COC)c2ccccc2)C1. The third kappa shape index (κ3) is 3.24. The lowest BCUT2D eigenvalue weighted by molar-refractivity contribution is -0.909. The van der Waals surface area contributed by atoms with Gasteiger partial charge in [-0.05, 0) is 12.0 Å². The number of ether oxygens (including phenoxy) is 1. The molecule has 0 fully saturated rings. The highest BCUT2D eigenvalue weighted by atomic mass is 16.6. The van der Waals surface area contributed by atoms with Gasteiger partial charge in [-0.2, -0.15) is 0 Å². The van der Waals surface area contributed by atoms with Crippen molar-refractivity contribution in [2.45, 2.75) is 25.8 Å². The van der Waals surface area contributed by atoms with Gasteiger partial charge < -0.3 is 14.6 Å². The molecule has 1 aromatic carbocycles. The van der Waals surface area contributed by atoms with Gasteiger partial charge >= 0.3 is 0 Å². The normalized spacial score (nSPS) is 24.9. The van der Waals surface area contributed by atoms with E-state index in [1.807, 2.05) is 30.3 Å². The van der Waals surface area contributed by atoms with Gasteiger partial charge in [0.25, 0.3) is 0 Å². The van der Waals surface area contributed by atoms with Crippen molar-refractivity contribution in [1.82, 2.24) is 0 Å². The summed E-state index contributed by atoms with van der Waals surface area (Å²) in [6.45, 7) is 3.84. The van der Waals surface area contributed by atoms with E-state index in [4.69, 9.17) is 4.74 Å². The van der Waals surface area contributed by atoms with Crippen molar-refractivity contribution in [3.8, 4) is 0 Å². The molecule has 0 saturated carbocycles. The average molecular weight is 261 g/mol. The number of hydrogen-bond donors (Lipinski definition) is 0. The maximum atomic E-state index is 13.2. The average Bonchev–Trinajstić information content (AvgIpc) is 2.45. The summed E-state index contributed by atoms with van der Waals surface area (Å²) in [5.74, 6) is 0. The molecule has 1 aliphatic rings. The number of methoxy groups -OCH3 is 1. The van der Waals surface area contributed by atoms with Crippen LogP contribution in [0, 0.1) is 5.21 Å². The van der Waals surface area contributed by atoms with Gasteiger partial charge in [-0.25, -0.2) is 0 Å². The third-order valence-corrected chi connectivity index (χ3v) is 3.94. The molecule has 0 radical (unpaired) electrons. The lowest BCUT2D eigenvalue weighted by Crippen LogP contribution is -2.50. The van der Waals surface area contributed by atoms with Crippen LogP contribution in [0.15, 0.2) is 42.0 Å². The molecule has 1 unspecified atom stereocenters. The van der Waals surface area contributed by atoms with Crippen molar-refractivity contribution >= 4 is 0 Å². The zero-order valence-electron chi connectivity index (χ0n) is 11.8. The van der Waals surface area contributed by atoms with Gasteiger partial charge in [-0.15, -0.1) is 0 Å². The number of nitrogens with zero attached hydrogens (tertiary/aromatic N) is 1. The molecule has 3 heteroatoms. The van der Waals surface area contributed by atoms with Crippen LogP contribution in [-0.2, 0) is 4.74 Å². The Morgan fingerprint density at radius 1 is 1.32 bits per heavy atom. The molecule has 0 amide bonds. The van der Waals surface area contributed by atoms with Crippen molar-refractivity contribution in [3.63, 3.8) is 0 Å². The smallest absolute Gasteiger partial charge is 0.138 e. The molecule has 0 bridgehead atoms. The van der Waals surface area contributed by atoms with E-state index in [9.17, 15) is 5.21 Å². The molecule has 0 N–H and O–H groups in total.